The molecule has 2 heteroatoms. The molecule has 0 heterocycles. The van der Waals surface area contributed by atoms with E-state index in [4.69, 9.17) is 0 Å². The smallest absolute Gasteiger partial charge is 0.0540 e. The van der Waals surface area contributed by atoms with Gasteiger partial charge in [-0.1, -0.05) is 21.5 Å². The lowest BCUT2D eigenvalue weighted by atomic mass is 9.96. The summed E-state index contributed by atoms with van der Waals surface area (Å²) in [5.41, 5.74) is 1.50. The van der Waals surface area contributed by atoms with Gasteiger partial charge in [-0.05, 0) is 43.5 Å². The maximum absolute atomic E-state index is 9.34. The zero-order valence-electron chi connectivity index (χ0n) is 6.72. The molecule has 1 N–H and O–H groups in total. The minimum Gasteiger partial charge on any atom is -0.393 e. The SMILES string of the molecule is OC1CCCC(=CBr)CCC1. The number of halogens is 1. The van der Waals surface area contributed by atoms with E-state index < -0.39 is 0 Å². The number of hydrogen-bond acceptors (Lipinski definition) is 1. The van der Waals surface area contributed by atoms with E-state index in [9.17, 15) is 5.11 Å². The van der Waals surface area contributed by atoms with Gasteiger partial charge < -0.3 is 5.11 Å². The van der Waals surface area contributed by atoms with Gasteiger partial charge in [0, 0.05) is 0 Å². The molecular weight excluding hydrogens is 204 g/mol. The number of allylic oxidation sites excluding steroid dienone is 1. The van der Waals surface area contributed by atoms with Crippen LogP contribution in [0.2, 0.25) is 0 Å². The van der Waals surface area contributed by atoms with Crippen molar-refractivity contribution in [2.75, 3.05) is 0 Å². The lowest BCUT2D eigenvalue weighted by Crippen LogP contribution is -2.08. The lowest BCUT2D eigenvalue weighted by molar-refractivity contribution is 0.146. The van der Waals surface area contributed by atoms with Crippen LogP contribution in [0.4, 0.5) is 0 Å². The summed E-state index contributed by atoms with van der Waals surface area (Å²) in [4.78, 5) is 2.05. The van der Waals surface area contributed by atoms with Crippen molar-refractivity contribution < 1.29 is 5.11 Å². The molecule has 1 fully saturated rings. The third kappa shape index (κ3) is 3.39. The standard InChI is InChI=1S/C9H15BrO/c10-7-8-3-1-5-9(11)6-2-4-8/h7,9,11H,1-6H2. The third-order valence-electron chi connectivity index (χ3n) is 2.22. The van der Waals surface area contributed by atoms with Crippen molar-refractivity contribution in [3.63, 3.8) is 0 Å². The van der Waals surface area contributed by atoms with Gasteiger partial charge in [-0.3, -0.25) is 0 Å². The summed E-state index contributed by atoms with van der Waals surface area (Å²) >= 11 is 3.36. The van der Waals surface area contributed by atoms with Crippen LogP contribution in [0.25, 0.3) is 0 Å². The largest absolute Gasteiger partial charge is 0.393 e. The Balaban J connectivity index is 2.34. The van der Waals surface area contributed by atoms with Crippen LogP contribution < -0.4 is 0 Å². The highest BCUT2D eigenvalue weighted by Crippen LogP contribution is 2.22. The van der Waals surface area contributed by atoms with E-state index in [0.29, 0.717) is 0 Å². The molecule has 0 unspecified atom stereocenters. The fraction of sp³-hybridized carbons (Fsp3) is 0.778. The summed E-state index contributed by atoms with van der Waals surface area (Å²) in [5, 5.41) is 9.34. The lowest BCUT2D eigenvalue weighted by Gasteiger charge is -2.15. The van der Waals surface area contributed by atoms with Gasteiger partial charge in [-0.2, -0.15) is 0 Å². The average Bonchev–Trinajstić information content (AvgIpc) is 1.96. The van der Waals surface area contributed by atoms with Gasteiger partial charge in [0.1, 0.15) is 0 Å². The highest BCUT2D eigenvalue weighted by Gasteiger charge is 2.09. The second-order valence-corrected chi connectivity index (χ2v) is 3.66. The summed E-state index contributed by atoms with van der Waals surface area (Å²) in [5.74, 6) is 0. The molecule has 0 aromatic rings. The highest BCUT2D eigenvalue weighted by atomic mass is 79.9. The van der Waals surface area contributed by atoms with E-state index in [1.165, 1.54) is 5.57 Å². The molecule has 1 aliphatic rings. The molecule has 0 amide bonds. The maximum atomic E-state index is 9.34. The van der Waals surface area contributed by atoms with E-state index >= 15 is 0 Å². The molecule has 0 radical (unpaired) electrons. The minimum absolute atomic E-state index is 0.0353. The molecule has 0 aromatic heterocycles. The quantitative estimate of drug-likeness (QED) is 0.664. The Morgan fingerprint density at radius 3 is 2.27 bits per heavy atom. The fourth-order valence-electron chi connectivity index (χ4n) is 1.51. The van der Waals surface area contributed by atoms with Crippen LogP contribution in [0.5, 0.6) is 0 Å². The van der Waals surface area contributed by atoms with E-state index in [-0.39, 0.29) is 6.10 Å². The number of rotatable bonds is 0. The van der Waals surface area contributed by atoms with Crippen LogP contribution in [0.1, 0.15) is 38.5 Å². The first-order chi connectivity index (χ1) is 5.33. The van der Waals surface area contributed by atoms with Crippen LogP contribution >= 0.6 is 15.9 Å². The zero-order valence-corrected chi connectivity index (χ0v) is 8.31. The van der Waals surface area contributed by atoms with Crippen LogP contribution in [0.3, 0.4) is 0 Å². The molecule has 1 rings (SSSR count). The molecule has 64 valence electrons. The van der Waals surface area contributed by atoms with Gasteiger partial charge in [0.2, 0.25) is 0 Å². The Morgan fingerprint density at radius 1 is 1.27 bits per heavy atom. The van der Waals surface area contributed by atoms with Crippen LogP contribution in [-0.2, 0) is 0 Å². The number of aliphatic hydroxyl groups is 1. The van der Waals surface area contributed by atoms with Gasteiger partial charge in [0.05, 0.1) is 6.10 Å². The summed E-state index contributed by atoms with van der Waals surface area (Å²) in [6.45, 7) is 0. The normalized spacial score (nSPS) is 27.5. The molecule has 0 aromatic carbocycles. The summed E-state index contributed by atoms with van der Waals surface area (Å²) in [6, 6.07) is 0. The molecule has 0 aliphatic heterocycles. The minimum atomic E-state index is -0.0353. The van der Waals surface area contributed by atoms with Gasteiger partial charge in [0.25, 0.3) is 0 Å². The van der Waals surface area contributed by atoms with E-state index in [1.807, 2.05) is 4.99 Å². The Labute approximate surface area is 76.6 Å². The van der Waals surface area contributed by atoms with Crippen molar-refractivity contribution >= 4 is 15.9 Å². The summed E-state index contributed by atoms with van der Waals surface area (Å²) in [7, 11) is 0. The molecule has 1 nitrogen and oxygen atoms in total. The predicted octanol–water partition coefficient (Wildman–Crippen LogP) is 2.98. The van der Waals surface area contributed by atoms with Crippen molar-refractivity contribution in [1.82, 2.24) is 0 Å². The Kier molecular flexibility index (Phi) is 4.16. The summed E-state index contributed by atoms with van der Waals surface area (Å²) in [6.07, 6.45) is 6.50. The Morgan fingerprint density at radius 2 is 1.82 bits per heavy atom. The van der Waals surface area contributed by atoms with Gasteiger partial charge in [-0.25, -0.2) is 0 Å². The van der Waals surface area contributed by atoms with Gasteiger partial charge >= 0.3 is 0 Å². The zero-order chi connectivity index (χ0) is 8.10. The molecule has 0 bridgehead atoms. The first kappa shape index (κ1) is 9.27. The third-order valence-corrected chi connectivity index (χ3v) is 2.87. The molecule has 0 saturated heterocycles. The van der Waals surface area contributed by atoms with E-state index in [1.54, 1.807) is 0 Å². The second kappa shape index (κ2) is 4.94. The first-order valence-corrected chi connectivity index (χ1v) is 5.20. The summed E-state index contributed by atoms with van der Waals surface area (Å²) < 4.78 is 0. The van der Waals surface area contributed by atoms with E-state index in [2.05, 4.69) is 15.9 Å². The maximum Gasteiger partial charge on any atom is 0.0540 e. The molecule has 0 atom stereocenters. The average molecular weight is 219 g/mol. The van der Waals surface area contributed by atoms with Crippen LogP contribution in [0, 0.1) is 0 Å². The predicted molar refractivity (Wildman–Crippen MR) is 50.7 cm³/mol. The monoisotopic (exact) mass is 218 g/mol. The van der Waals surface area contributed by atoms with E-state index in [0.717, 1.165) is 38.5 Å². The second-order valence-electron chi connectivity index (χ2n) is 3.21. The molecule has 1 aliphatic carbocycles. The van der Waals surface area contributed by atoms with Crippen molar-refractivity contribution in [3.05, 3.63) is 10.6 Å². The number of aliphatic hydroxyl groups excluding tert-OH is 1. The molecule has 1 saturated carbocycles. The van der Waals surface area contributed by atoms with Crippen LogP contribution in [0.15, 0.2) is 10.6 Å². The van der Waals surface area contributed by atoms with Crippen molar-refractivity contribution in [2.24, 2.45) is 0 Å². The van der Waals surface area contributed by atoms with Crippen molar-refractivity contribution in [2.45, 2.75) is 44.6 Å². The van der Waals surface area contributed by atoms with Gasteiger partial charge in [-0.15, -0.1) is 0 Å². The molecule has 11 heavy (non-hydrogen) atoms. The van der Waals surface area contributed by atoms with Gasteiger partial charge in [0.15, 0.2) is 0 Å². The highest BCUT2D eigenvalue weighted by molar-refractivity contribution is 9.11. The van der Waals surface area contributed by atoms with Crippen molar-refractivity contribution in [3.8, 4) is 0 Å². The molecule has 0 spiro atoms. The Bertz CT molecular complexity index is 130. The topological polar surface area (TPSA) is 20.2 Å². The fourth-order valence-corrected chi connectivity index (χ4v) is 1.97. The Hall–Kier alpha value is 0.180. The van der Waals surface area contributed by atoms with Crippen LogP contribution in [-0.4, -0.2) is 11.2 Å². The number of hydrogen-bond donors (Lipinski definition) is 1. The first-order valence-electron chi connectivity index (χ1n) is 4.29. The molecular formula is C9H15BrO. The van der Waals surface area contributed by atoms with Crippen molar-refractivity contribution in [1.29, 1.82) is 0 Å².